The van der Waals surface area contributed by atoms with Gasteiger partial charge in [-0.25, -0.2) is 4.79 Å². The van der Waals surface area contributed by atoms with E-state index in [1.54, 1.807) is 41.4 Å². The van der Waals surface area contributed by atoms with Crippen LogP contribution in [0.25, 0.3) is 0 Å². The number of nitrogens with one attached hydrogen (secondary N) is 2. The Balaban J connectivity index is 1.35. The van der Waals surface area contributed by atoms with Crippen LogP contribution in [0.2, 0.25) is 5.02 Å². The Morgan fingerprint density at radius 3 is 2.81 bits per heavy atom. The normalized spacial score (nSPS) is 21.2. The number of benzene rings is 2. The van der Waals surface area contributed by atoms with Gasteiger partial charge >= 0.3 is 6.03 Å². The average molecular weight is 449 g/mol. The van der Waals surface area contributed by atoms with Gasteiger partial charge in [0.05, 0.1) is 18.3 Å². The highest BCUT2D eigenvalue weighted by molar-refractivity contribution is 6.30. The largest absolute Gasteiger partial charge is 0.467 e. The fourth-order valence-electron chi connectivity index (χ4n) is 4.27. The van der Waals surface area contributed by atoms with E-state index in [-0.39, 0.29) is 18.0 Å². The minimum atomic E-state index is -0.865. The third-order valence-electron chi connectivity index (χ3n) is 5.78. The Labute approximate surface area is 190 Å². The number of nitrogens with zero attached hydrogens (tertiary/aromatic N) is 2. The van der Waals surface area contributed by atoms with Crippen molar-refractivity contribution < 1.29 is 14.3 Å². The molecule has 2 unspecified atom stereocenters. The molecule has 162 valence electrons. The lowest BCUT2D eigenvalue weighted by molar-refractivity contribution is 0.0379. The monoisotopic (exact) mass is 448 g/mol. The average Bonchev–Trinajstić information content (AvgIpc) is 2.79. The van der Waals surface area contributed by atoms with E-state index >= 15 is 0 Å². The second-order valence-corrected chi connectivity index (χ2v) is 8.49. The number of halogens is 1. The molecule has 8 heteroatoms. The molecular formula is C24H21ClN4O3. The summed E-state index contributed by atoms with van der Waals surface area (Å²) in [7, 11) is 0. The highest BCUT2D eigenvalue weighted by Gasteiger charge is 2.49. The molecule has 1 saturated heterocycles. The van der Waals surface area contributed by atoms with Crippen molar-refractivity contribution in [2.75, 3.05) is 4.90 Å². The third kappa shape index (κ3) is 3.65. The first-order valence-electron chi connectivity index (χ1n) is 10.3. The molecule has 0 saturated carbocycles. The van der Waals surface area contributed by atoms with Crippen LogP contribution in [0.1, 0.15) is 41.0 Å². The molecule has 3 amide bonds. The van der Waals surface area contributed by atoms with Crippen molar-refractivity contribution in [3.05, 3.63) is 88.7 Å². The highest BCUT2D eigenvalue weighted by atomic mass is 35.5. The summed E-state index contributed by atoms with van der Waals surface area (Å²) in [5.74, 6) is 0.486. The fourth-order valence-corrected chi connectivity index (χ4v) is 4.45. The zero-order valence-corrected chi connectivity index (χ0v) is 18.1. The van der Waals surface area contributed by atoms with Crippen LogP contribution in [0.4, 0.5) is 10.5 Å². The molecule has 2 bridgehead atoms. The quantitative estimate of drug-likeness (QED) is 0.618. The molecule has 3 aromatic rings. The Bertz CT molecular complexity index is 1190. The minimum Gasteiger partial charge on any atom is -0.467 e. The van der Waals surface area contributed by atoms with E-state index in [4.69, 9.17) is 16.3 Å². The van der Waals surface area contributed by atoms with Crippen LogP contribution < -0.4 is 20.3 Å². The SMILES string of the molecule is CC12CC(NC(=O)N1c1ccc(C(=O)NCc3ccccn3)cc1)c1cc(Cl)ccc1O2. The van der Waals surface area contributed by atoms with Crippen molar-refractivity contribution in [1.82, 2.24) is 15.6 Å². The number of rotatable bonds is 4. The van der Waals surface area contributed by atoms with Gasteiger partial charge < -0.3 is 15.4 Å². The number of fused-ring (bicyclic) bond motifs is 4. The van der Waals surface area contributed by atoms with E-state index in [2.05, 4.69) is 15.6 Å². The van der Waals surface area contributed by atoms with E-state index in [9.17, 15) is 9.59 Å². The second-order valence-electron chi connectivity index (χ2n) is 8.05. The van der Waals surface area contributed by atoms with Gasteiger partial charge in [-0.05, 0) is 61.5 Å². The van der Waals surface area contributed by atoms with E-state index in [0.717, 1.165) is 11.3 Å². The van der Waals surface area contributed by atoms with Crippen LogP contribution in [0.15, 0.2) is 66.9 Å². The summed E-state index contributed by atoms with van der Waals surface area (Å²) in [4.78, 5) is 31.3. The molecule has 2 aliphatic heterocycles. The van der Waals surface area contributed by atoms with Crippen LogP contribution in [-0.4, -0.2) is 22.6 Å². The first kappa shape index (κ1) is 20.3. The zero-order chi connectivity index (χ0) is 22.3. The van der Waals surface area contributed by atoms with Gasteiger partial charge in [-0.2, -0.15) is 0 Å². The van der Waals surface area contributed by atoms with E-state index in [0.29, 0.717) is 35.0 Å². The standard InChI is InChI=1S/C24H21ClN4O3/c1-24-13-20(19-12-16(25)7-10-21(19)32-24)28-23(31)29(24)18-8-5-15(6-9-18)22(30)27-14-17-4-2-3-11-26-17/h2-12,20H,13-14H2,1H3,(H,27,30)(H,28,31). The predicted octanol–water partition coefficient (Wildman–Crippen LogP) is 4.43. The van der Waals surface area contributed by atoms with Gasteiger partial charge in [0.2, 0.25) is 0 Å². The number of carbonyl (C=O) groups excluding carboxylic acids is 2. The van der Waals surface area contributed by atoms with Gasteiger partial charge in [0, 0.05) is 34.5 Å². The molecule has 0 spiro atoms. The van der Waals surface area contributed by atoms with Gasteiger partial charge in [-0.15, -0.1) is 0 Å². The van der Waals surface area contributed by atoms with Gasteiger partial charge in [0.1, 0.15) is 5.75 Å². The maximum absolute atomic E-state index is 13.0. The maximum atomic E-state index is 13.0. The molecule has 2 atom stereocenters. The van der Waals surface area contributed by atoms with Crippen LogP contribution in [0.3, 0.4) is 0 Å². The lowest BCUT2D eigenvalue weighted by Crippen LogP contribution is -2.65. The van der Waals surface area contributed by atoms with E-state index in [1.807, 2.05) is 37.3 Å². The molecule has 1 fully saturated rings. The summed E-state index contributed by atoms with van der Waals surface area (Å²) in [6, 6.07) is 17.4. The second kappa shape index (κ2) is 7.84. The Kier molecular flexibility index (Phi) is 4.98. The molecule has 32 heavy (non-hydrogen) atoms. The number of carbonyl (C=O) groups is 2. The number of hydrogen-bond donors (Lipinski definition) is 2. The number of amides is 3. The van der Waals surface area contributed by atoms with Crippen molar-refractivity contribution >= 4 is 29.2 Å². The molecule has 2 aromatic carbocycles. The summed E-state index contributed by atoms with van der Waals surface area (Å²) < 4.78 is 6.27. The van der Waals surface area contributed by atoms with Gasteiger partial charge in [-0.1, -0.05) is 17.7 Å². The number of hydrogen-bond acceptors (Lipinski definition) is 4. The Hall–Kier alpha value is -3.58. The third-order valence-corrected chi connectivity index (χ3v) is 6.01. The van der Waals surface area contributed by atoms with Crippen LogP contribution in [-0.2, 0) is 6.54 Å². The maximum Gasteiger partial charge on any atom is 0.325 e. The van der Waals surface area contributed by atoms with Crippen molar-refractivity contribution in [2.24, 2.45) is 0 Å². The number of ether oxygens (including phenoxy) is 1. The molecule has 0 radical (unpaired) electrons. The lowest BCUT2D eigenvalue weighted by atomic mass is 9.90. The molecule has 7 nitrogen and oxygen atoms in total. The number of aromatic nitrogens is 1. The Morgan fingerprint density at radius 2 is 2.06 bits per heavy atom. The first-order chi connectivity index (χ1) is 15.4. The topological polar surface area (TPSA) is 83.6 Å². The zero-order valence-electron chi connectivity index (χ0n) is 17.3. The fraction of sp³-hybridized carbons (Fsp3) is 0.208. The lowest BCUT2D eigenvalue weighted by Gasteiger charge is -2.50. The molecule has 0 aliphatic carbocycles. The van der Waals surface area contributed by atoms with E-state index in [1.165, 1.54) is 0 Å². The van der Waals surface area contributed by atoms with Crippen molar-refractivity contribution in [1.29, 1.82) is 0 Å². The van der Waals surface area contributed by atoms with Crippen LogP contribution in [0.5, 0.6) is 5.75 Å². The molecule has 1 aromatic heterocycles. The van der Waals surface area contributed by atoms with Gasteiger partial charge in [0.25, 0.3) is 5.91 Å². The molecule has 3 heterocycles. The number of urea groups is 1. The Morgan fingerprint density at radius 1 is 1.25 bits per heavy atom. The van der Waals surface area contributed by atoms with Crippen LogP contribution >= 0.6 is 11.6 Å². The summed E-state index contributed by atoms with van der Waals surface area (Å²) >= 11 is 6.13. The molecular weight excluding hydrogens is 428 g/mol. The smallest absolute Gasteiger partial charge is 0.325 e. The number of anilines is 1. The van der Waals surface area contributed by atoms with Crippen molar-refractivity contribution in [2.45, 2.75) is 31.7 Å². The molecule has 2 N–H and O–H groups in total. The first-order valence-corrected chi connectivity index (χ1v) is 10.7. The highest BCUT2D eigenvalue weighted by Crippen LogP contribution is 2.46. The molecule has 5 rings (SSSR count). The van der Waals surface area contributed by atoms with Crippen LogP contribution in [0, 0.1) is 0 Å². The molecule has 2 aliphatic rings. The predicted molar refractivity (Wildman–Crippen MR) is 121 cm³/mol. The summed E-state index contributed by atoms with van der Waals surface area (Å²) in [6.45, 7) is 2.23. The van der Waals surface area contributed by atoms with Crippen molar-refractivity contribution in [3.8, 4) is 5.75 Å². The summed E-state index contributed by atoms with van der Waals surface area (Å²) in [5.41, 5.74) is 1.93. The van der Waals surface area contributed by atoms with Crippen molar-refractivity contribution in [3.63, 3.8) is 0 Å². The van der Waals surface area contributed by atoms with Gasteiger partial charge in [-0.3, -0.25) is 14.7 Å². The number of pyridine rings is 1. The van der Waals surface area contributed by atoms with Gasteiger partial charge in [0.15, 0.2) is 5.72 Å². The van der Waals surface area contributed by atoms with E-state index < -0.39 is 5.72 Å². The minimum absolute atomic E-state index is 0.178. The summed E-state index contributed by atoms with van der Waals surface area (Å²) in [6.07, 6.45) is 2.25. The summed E-state index contributed by atoms with van der Waals surface area (Å²) in [5, 5.41) is 6.50.